The van der Waals surface area contributed by atoms with E-state index in [2.05, 4.69) is 28.9 Å². The molecule has 0 saturated carbocycles. The number of halogens is 1. The van der Waals surface area contributed by atoms with Gasteiger partial charge < -0.3 is 21.1 Å². The van der Waals surface area contributed by atoms with Crippen molar-refractivity contribution in [3.8, 4) is 5.75 Å². The van der Waals surface area contributed by atoms with Crippen LogP contribution in [0.5, 0.6) is 5.75 Å². The second kappa shape index (κ2) is 10.5. The fraction of sp³-hybridized carbons (Fsp3) is 0.538. The van der Waals surface area contributed by atoms with Gasteiger partial charge in [0.25, 0.3) is 0 Å². The van der Waals surface area contributed by atoms with Gasteiger partial charge >= 0.3 is 0 Å². The average molecular weight is 568 g/mol. The Kier molecular flexibility index (Phi) is 8.03. The van der Waals surface area contributed by atoms with Crippen molar-refractivity contribution in [2.24, 2.45) is 11.5 Å². The predicted octanol–water partition coefficient (Wildman–Crippen LogP) is 3.65. The first kappa shape index (κ1) is 28.4. The second-order valence-corrected chi connectivity index (χ2v) is 14.5. The molecule has 11 heteroatoms. The lowest BCUT2D eigenvalue weighted by Gasteiger charge is -2.45. The number of hydrogen-bond donors (Lipinski definition) is 5. The molecule has 0 aliphatic carbocycles. The van der Waals surface area contributed by atoms with Crippen LogP contribution in [0, 0.1) is 6.92 Å². The number of benzene rings is 1. The van der Waals surface area contributed by atoms with E-state index in [1.54, 1.807) is 25.3 Å². The van der Waals surface area contributed by atoms with Crippen LogP contribution in [0.1, 0.15) is 68.7 Å². The molecule has 2 aliphatic heterocycles. The molecule has 1 aromatic carbocycles. The molecular weight excluding hydrogens is 530 g/mol. The first-order valence-electron chi connectivity index (χ1n) is 12.6. The zero-order chi connectivity index (χ0) is 27.2. The van der Waals surface area contributed by atoms with Gasteiger partial charge in [0.1, 0.15) is 15.6 Å². The molecule has 2 atom stereocenters. The van der Waals surface area contributed by atoms with Crippen molar-refractivity contribution in [2.45, 2.75) is 80.4 Å². The third kappa shape index (κ3) is 5.30. The molecule has 3 heterocycles. The molecule has 8 nitrogen and oxygen atoms in total. The number of sulfone groups is 1. The molecule has 0 radical (unpaired) electrons. The molecule has 0 amide bonds. The smallest absolute Gasteiger partial charge is 0.190 e. The van der Waals surface area contributed by atoms with Crippen LogP contribution in [0.25, 0.3) is 0 Å². The molecular formula is C26H38ClN5O3S2. The van der Waals surface area contributed by atoms with Crippen LogP contribution in [-0.4, -0.2) is 32.9 Å². The number of piperidine rings is 1. The van der Waals surface area contributed by atoms with Crippen LogP contribution >= 0.6 is 22.9 Å². The highest BCUT2D eigenvalue weighted by Gasteiger charge is 2.47. The Morgan fingerprint density at radius 3 is 2.43 bits per heavy atom. The maximum absolute atomic E-state index is 13.1. The summed E-state index contributed by atoms with van der Waals surface area (Å²) < 4.78 is 32.7. The van der Waals surface area contributed by atoms with Crippen LogP contribution in [0.3, 0.4) is 0 Å². The van der Waals surface area contributed by atoms with Gasteiger partial charge in [0.15, 0.2) is 15.6 Å². The summed E-state index contributed by atoms with van der Waals surface area (Å²) in [7, 11) is -3.60. The summed E-state index contributed by atoms with van der Waals surface area (Å²) in [5.41, 5.74) is 15.7. The van der Waals surface area contributed by atoms with Crippen molar-refractivity contribution in [3.05, 3.63) is 57.1 Å². The van der Waals surface area contributed by atoms with E-state index in [-0.39, 0.29) is 15.3 Å². The molecule has 1 aromatic heterocycles. The van der Waals surface area contributed by atoms with Crippen LogP contribution in [-0.2, 0) is 21.3 Å². The second-order valence-electron chi connectivity index (χ2n) is 10.5. The van der Waals surface area contributed by atoms with E-state index in [9.17, 15) is 8.42 Å². The number of rotatable bonds is 7. The van der Waals surface area contributed by atoms with Crippen molar-refractivity contribution in [2.75, 3.05) is 13.1 Å². The van der Waals surface area contributed by atoms with Crippen molar-refractivity contribution >= 4 is 32.8 Å². The normalized spacial score (nSPS) is 25.3. The highest BCUT2D eigenvalue weighted by Crippen LogP contribution is 2.42. The first-order chi connectivity index (χ1) is 17.3. The number of nitrogens with two attached hydrogens (primary N) is 2. The van der Waals surface area contributed by atoms with Crippen molar-refractivity contribution in [1.29, 1.82) is 0 Å². The Bertz CT molecular complexity index is 1290. The number of hydrogen-bond acceptors (Lipinski definition) is 9. The lowest BCUT2D eigenvalue weighted by Crippen LogP contribution is -2.71. The minimum absolute atomic E-state index is 0.0871. The summed E-state index contributed by atoms with van der Waals surface area (Å²) in [6.45, 7) is 11.3. The van der Waals surface area contributed by atoms with Gasteiger partial charge in [-0.15, -0.1) is 11.3 Å². The Hall–Kier alpha value is -1.66. The van der Waals surface area contributed by atoms with E-state index in [1.165, 1.54) is 11.8 Å². The topological polar surface area (TPSA) is 131 Å². The number of nitrogens with one attached hydrogen (secondary N) is 3. The lowest BCUT2D eigenvalue weighted by molar-refractivity contribution is 0.181. The maximum atomic E-state index is 13.1. The fourth-order valence-corrected chi connectivity index (χ4v) is 8.13. The molecule has 0 spiro atoms. The molecule has 204 valence electrons. The molecule has 2 unspecified atom stereocenters. The molecule has 0 bridgehead atoms. The third-order valence-electron chi connectivity index (χ3n) is 7.07. The number of ether oxygens (including phenoxy) is 1. The van der Waals surface area contributed by atoms with Crippen molar-refractivity contribution in [3.63, 3.8) is 0 Å². The lowest BCUT2D eigenvalue weighted by atomic mass is 9.85. The highest BCUT2D eigenvalue weighted by molar-refractivity contribution is 7.94. The summed E-state index contributed by atoms with van der Waals surface area (Å²) in [6.07, 6.45) is 3.56. The van der Waals surface area contributed by atoms with Crippen LogP contribution in [0.4, 0.5) is 0 Å². The number of thiophene rings is 1. The summed E-state index contributed by atoms with van der Waals surface area (Å²) in [5, 5.41) is 11.1. The van der Waals surface area contributed by atoms with Gasteiger partial charge in [0.05, 0.1) is 16.4 Å². The van der Waals surface area contributed by atoms with E-state index >= 15 is 0 Å². The Labute approximate surface area is 229 Å². The third-order valence-corrected chi connectivity index (χ3v) is 11.1. The van der Waals surface area contributed by atoms with Gasteiger partial charge in [0.2, 0.25) is 0 Å². The van der Waals surface area contributed by atoms with E-state index in [4.69, 9.17) is 27.8 Å². The molecule has 1 fully saturated rings. The van der Waals surface area contributed by atoms with Crippen LogP contribution in [0.2, 0.25) is 0 Å². The van der Waals surface area contributed by atoms with Gasteiger partial charge in [-0.25, -0.2) is 8.42 Å². The van der Waals surface area contributed by atoms with E-state index in [1.807, 2.05) is 19.9 Å². The Morgan fingerprint density at radius 2 is 1.81 bits per heavy atom. The largest absolute Gasteiger partial charge is 0.491 e. The number of aryl methyl sites for hydroxylation is 1. The summed E-state index contributed by atoms with van der Waals surface area (Å²) in [4.78, 5) is 0. The SMILES string of the molecule is Cc1cc(C2(N)NC=C(Cl)C(N)(c3ccsc3S(=O)(=O)C(C)C)N2)c(OC(C)C)cc1C1CCNCC1. The first-order valence-corrected chi connectivity index (χ1v) is 15.4. The minimum atomic E-state index is -3.60. The monoisotopic (exact) mass is 567 g/mol. The zero-order valence-electron chi connectivity index (χ0n) is 22.0. The predicted molar refractivity (Wildman–Crippen MR) is 150 cm³/mol. The highest BCUT2D eigenvalue weighted by atomic mass is 35.5. The minimum Gasteiger partial charge on any atom is -0.491 e. The molecule has 2 aliphatic rings. The molecule has 4 rings (SSSR count). The summed E-state index contributed by atoms with van der Waals surface area (Å²) in [6, 6.07) is 5.81. The quantitative estimate of drug-likeness (QED) is 0.343. The van der Waals surface area contributed by atoms with E-state index in [0.29, 0.717) is 22.8 Å². The summed E-state index contributed by atoms with van der Waals surface area (Å²) >= 11 is 7.76. The Balaban J connectivity index is 1.82. The summed E-state index contributed by atoms with van der Waals surface area (Å²) in [5.74, 6) is -0.315. The van der Waals surface area contributed by atoms with Crippen LogP contribution < -0.4 is 32.2 Å². The van der Waals surface area contributed by atoms with Gasteiger partial charge in [-0.1, -0.05) is 11.6 Å². The standard InChI is InChI=1S/C26H38ClN5O3S2/c1-15(2)35-22-13-19(18-6-9-30-10-7-18)17(5)12-21(22)26(29)31-14-23(27)25(28,32-26)20-8-11-36-24(20)37(33,34)16(3)4/h8,11-16,18,30-32H,6-7,9-10,28-29H2,1-5H3. The molecule has 1 saturated heterocycles. The van der Waals surface area contributed by atoms with E-state index < -0.39 is 26.5 Å². The Morgan fingerprint density at radius 1 is 1.14 bits per heavy atom. The fourth-order valence-electron chi connectivity index (χ4n) is 5.00. The van der Waals surface area contributed by atoms with Gasteiger partial charge in [0, 0.05) is 17.3 Å². The molecule has 37 heavy (non-hydrogen) atoms. The zero-order valence-corrected chi connectivity index (χ0v) is 24.4. The van der Waals surface area contributed by atoms with Crippen molar-refractivity contribution in [1.82, 2.24) is 16.0 Å². The van der Waals surface area contributed by atoms with E-state index in [0.717, 1.165) is 42.8 Å². The molecule has 7 N–H and O–H groups in total. The molecule has 2 aromatic rings. The van der Waals surface area contributed by atoms with Gasteiger partial charge in [-0.2, -0.15) is 0 Å². The van der Waals surface area contributed by atoms with Crippen LogP contribution in [0.15, 0.2) is 39.0 Å². The van der Waals surface area contributed by atoms with Gasteiger partial charge in [-0.3, -0.25) is 11.1 Å². The van der Waals surface area contributed by atoms with Gasteiger partial charge in [-0.05, 0) is 101 Å². The average Bonchev–Trinajstić information content (AvgIpc) is 3.35. The van der Waals surface area contributed by atoms with Crippen molar-refractivity contribution < 1.29 is 13.2 Å². The maximum Gasteiger partial charge on any atom is 0.190 e.